The molecule has 1 saturated heterocycles. The van der Waals surface area contributed by atoms with E-state index in [1.165, 1.54) is 5.56 Å². The Hall–Kier alpha value is -2.14. The zero-order valence-electron chi connectivity index (χ0n) is 12.7. The van der Waals surface area contributed by atoms with E-state index in [0.29, 0.717) is 11.5 Å². The molecule has 0 bridgehead atoms. The number of likely N-dealkylation sites (tertiary alicyclic amines) is 1. The molecule has 3 rings (SSSR count). The van der Waals surface area contributed by atoms with Gasteiger partial charge in [0.25, 0.3) is 0 Å². The van der Waals surface area contributed by atoms with Gasteiger partial charge in [-0.1, -0.05) is 12.1 Å². The van der Waals surface area contributed by atoms with Crippen LogP contribution < -0.4 is 0 Å². The number of aromatic carboxylic acids is 1. The summed E-state index contributed by atoms with van der Waals surface area (Å²) in [6, 6.07) is 7.31. The van der Waals surface area contributed by atoms with Crippen LogP contribution in [-0.4, -0.2) is 39.0 Å². The van der Waals surface area contributed by atoms with Crippen molar-refractivity contribution >= 4 is 5.97 Å². The number of H-pyrrole nitrogens is 1. The first kappa shape index (κ1) is 14.8. The Bertz CT molecular complexity index is 648. The Morgan fingerprint density at radius 1 is 1.41 bits per heavy atom. The van der Waals surface area contributed by atoms with Crippen LogP contribution in [0.5, 0.6) is 0 Å². The third-order valence-electron chi connectivity index (χ3n) is 4.26. The Kier molecular flexibility index (Phi) is 4.24. The van der Waals surface area contributed by atoms with Crippen LogP contribution in [0, 0.1) is 6.92 Å². The molecule has 1 aromatic carbocycles. The lowest BCUT2D eigenvalue weighted by Gasteiger charge is -2.32. The average molecular weight is 299 g/mol. The third-order valence-corrected chi connectivity index (χ3v) is 4.26. The van der Waals surface area contributed by atoms with Gasteiger partial charge in [-0.3, -0.25) is 4.90 Å². The maximum absolute atomic E-state index is 10.9. The van der Waals surface area contributed by atoms with Crippen molar-refractivity contribution in [3.63, 3.8) is 0 Å². The molecule has 2 heterocycles. The van der Waals surface area contributed by atoms with Gasteiger partial charge in [0.1, 0.15) is 5.82 Å². The molecule has 1 atom stereocenters. The molecule has 5 heteroatoms. The average Bonchev–Trinajstić information content (AvgIpc) is 2.93. The number of aromatic nitrogens is 2. The second kappa shape index (κ2) is 6.32. The molecule has 1 aromatic heterocycles. The van der Waals surface area contributed by atoms with Crippen molar-refractivity contribution in [3.05, 3.63) is 53.1 Å². The highest BCUT2D eigenvalue weighted by atomic mass is 16.4. The van der Waals surface area contributed by atoms with Gasteiger partial charge in [-0.25, -0.2) is 9.78 Å². The highest BCUT2D eigenvalue weighted by Gasteiger charge is 2.22. The number of nitrogens with one attached hydrogen (secondary N) is 1. The van der Waals surface area contributed by atoms with Crippen LogP contribution in [0.3, 0.4) is 0 Å². The number of piperidine rings is 1. The summed E-state index contributed by atoms with van der Waals surface area (Å²) >= 11 is 0. The smallest absolute Gasteiger partial charge is 0.335 e. The molecule has 1 aliphatic rings. The van der Waals surface area contributed by atoms with Gasteiger partial charge in [0.2, 0.25) is 0 Å². The molecule has 5 nitrogen and oxygen atoms in total. The van der Waals surface area contributed by atoms with Crippen LogP contribution in [0.4, 0.5) is 0 Å². The molecular formula is C17H21N3O2. The monoisotopic (exact) mass is 299 g/mol. The van der Waals surface area contributed by atoms with Crippen molar-refractivity contribution in [1.82, 2.24) is 14.9 Å². The lowest BCUT2D eigenvalue weighted by molar-refractivity contribution is 0.0697. The van der Waals surface area contributed by atoms with E-state index >= 15 is 0 Å². The van der Waals surface area contributed by atoms with E-state index in [4.69, 9.17) is 5.11 Å². The van der Waals surface area contributed by atoms with E-state index in [1.54, 1.807) is 12.1 Å². The van der Waals surface area contributed by atoms with Gasteiger partial charge in [0.05, 0.1) is 12.1 Å². The first-order valence-corrected chi connectivity index (χ1v) is 7.68. The topological polar surface area (TPSA) is 69.2 Å². The van der Waals surface area contributed by atoms with E-state index in [9.17, 15) is 4.79 Å². The van der Waals surface area contributed by atoms with E-state index < -0.39 is 5.97 Å². The van der Waals surface area contributed by atoms with E-state index in [0.717, 1.165) is 44.0 Å². The third kappa shape index (κ3) is 3.36. The number of nitrogens with zero attached hydrogens (tertiary/aromatic N) is 2. The van der Waals surface area contributed by atoms with Crippen LogP contribution >= 0.6 is 0 Å². The van der Waals surface area contributed by atoms with Gasteiger partial charge < -0.3 is 10.1 Å². The zero-order chi connectivity index (χ0) is 15.5. The van der Waals surface area contributed by atoms with Crippen molar-refractivity contribution in [2.75, 3.05) is 13.1 Å². The predicted molar refractivity (Wildman–Crippen MR) is 84.0 cm³/mol. The molecule has 2 aromatic rings. The number of carboxylic acids is 1. The number of rotatable bonds is 4. The number of aromatic amines is 1. The molecule has 0 amide bonds. The molecule has 22 heavy (non-hydrogen) atoms. The van der Waals surface area contributed by atoms with Crippen molar-refractivity contribution in [1.29, 1.82) is 0 Å². The Morgan fingerprint density at radius 3 is 2.82 bits per heavy atom. The number of carboxylic acid groups (broad SMARTS) is 1. The fourth-order valence-electron chi connectivity index (χ4n) is 3.13. The maximum Gasteiger partial charge on any atom is 0.335 e. The van der Waals surface area contributed by atoms with Gasteiger partial charge in [-0.15, -0.1) is 0 Å². The van der Waals surface area contributed by atoms with E-state index in [-0.39, 0.29) is 0 Å². The van der Waals surface area contributed by atoms with Crippen LogP contribution in [0.2, 0.25) is 0 Å². The van der Waals surface area contributed by atoms with Crippen LogP contribution in [0.15, 0.2) is 30.5 Å². The van der Waals surface area contributed by atoms with Crippen molar-refractivity contribution in [2.24, 2.45) is 0 Å². The summed E-state index contributed by atoms with van der Waals surface area (Å²) in [6.45, 7) is 4.94. The van der Waals surface area contributed by atoms with Gasteiger partial charge in [0, 0.05) is 18.4 Å². The molecule has 116 valence electrons. The molecule has 0 saturated carbocycles. The van der Waals surface area contributed by atoms with Gasteiger partial charge >= 0.3 is 5.97 Å². The lowest BCUT2D eigenvalue weighted by Crippen LogP contribution is -2.34. The minimum Gasteiger partial charge on any atom is -0.478 e. The number of hydrogen-bond donors (Lipinski definition) is 2. The molecule has 0 unspecified atom stereocenters. The van der Waals surface area contributed by atoms with E-state index in [1.807, 2.05) is 25.3 Å². The lowest BCUT2D eigenvalue weighted by atomic mass is 9.90. The summed E-state index contributed by atoms with van der Waals surface area (Å²) in [6.07, 6.45) is 4.17. The molecule has 2 N–H and O–H groups in total. The summed E-state index contributed by atoms with van der Waals surface area (Å²) in [5.41, 5.74) is 2.67. The molecule has 0 spiro atoms. The van der Waals surface area contributed by atoms with Gasteiger partial charge in [-0.05, 0) is 49.9 Å². The van der Waals surface area contributed by atoms with Crippen LogP contribution in [0.25, 0.3) is 0 Å². The summed E-state index contributed by atoms with van der Waals surface area (Å²) in [5, 5.41) is 8.98. The van der Waals surface area contributed by atoms with Crippen molar-refractivity contribution < 1.29 is 9.90 Å². The number of hydrogen-bond acceptors (Lipinski definition) is 3. The summed E-state index contributed by atoms with van der Waals surface area (Å²) in [4.78, 5) is 21.0. The van der Waals surface area contributed by atoms with Gasteiger partial charge in [0.15, 0.2) is 0 Å². The largest absolute Gasteiger partial charge is 0.478 e. The molecule has 0 aliphatic carbocycles. The molecular weight excluding hydrogens is 278 g/mol. The summed E-state index contributed by atoms with van der Waals surface area (Å²) in [5.74, 6) is 0.608. The number of benzene rings is 1. The fourth-order valence-corrected chi connectivity index (χ4v) is 3.13. The number of carbonyl (C=O) groups is 1. The van der Waals surface area contributed by atoms with Gasteiger partial charge in [-0.2, -0.15) is 0 Å². The number of aryl methyl sites for hydroxylation is 1. The highest BCUT2D eigenvalue weighted by Crippen LogP contribution is 2.27. The van der Waals surface area contributed by atoms with E-state index in [2.05, 4.69) is 14.9 Å². The second-order valence-corrected chi connectivity index (χ2v) is 6.01. The SMILES string of the molecule is Cc1cnc(CN2CCC[C@H](c3ccc(C(=O)O)cc3)C2)[nH]1. The summed E-state index contributed by atoms with van der Waals surface area (Å²) < 4.78 is 0. The van der Waals surface area contributed by atoms with Crippen molar-refractivity contribution in [2.45, 2.75) is 32.2 Å². The van der Waals surface area contributed by atoms with Crippen LogP contribution in [-0.2, 0) is 6.54 Å². The summed E-state index contributed by atoms with van der Waals surface area (Å²) in [7, 11) is 0. The molecule has 1 aliphatic heterocycles. The Labute approximate surface area is 130 Å². The van der Waals surface area contributed by atoms with Crippen LogP contribution in [0.1, 0.15) is 46.2 Å². The zero-order valence-corrected chi connectivity index (χ0v) is 12.7. The Balaban J connectivity index is 1.66. The minimum atomic E-state index is -0.870. The molecule has 0 radical (unpaired) electrons. The quantitative estimate of drug-likeness (QED) is 0.911. The normalized spacial score (nSPS) is 19.2. The standard InChI is InChI=1S/C17H21N3O2/c1-12-9-18-16(19-12)11-20-8-2-3-15(10-20)13-4-6-14(7-5-13)17(21)22/h4-7,9,15H,2-3,8,10-11H2,1H3,(H,18,19)(H,21,22)/t15-/m0/s1. The second-order valence-electron chi connectivity index (χ2n) is 6.01. The minimum absolute atomic E-state index is 0.350. The molecule has 1 fully saturated rings. The predicted octanol–water partition coefficient (Wildman–Crippen LogP) is 2.80. The maximum atomic E-state index is 10.9. The highest BCUT2D eigenvalue weighted by molar-refractivity contribution is 5.87. The first-order chi connectivity index (χ1) is 10.6. The Morgan fingerprint density at radius 2 is 2.18 bits per heavy atom. The first-order valence-electron chi connectivity index (χ1n) is 7.68. The van der Waals surface area contributed by atoms with Crippen molar-refractivity contribution in [3.8, 4) is 0 Å². The fraction of sp³-hybridized carbons (Fsp3) is 0.412. The number of imidazole rings is 1.